The highest BCUT2D eigenvalue weighted by molar-refractivity contribution is 7.89. The number of aromatic nitrogens is 1. The zero-order valence-corrected chi connectivity index (χ0v) is 13.1. The van der Waals surface area contributed by atoms with E-state index in [2.05, 4.69) is 10.3 Å². The number of aliphatic hydroxyl groups is 1. The van der Waals surface area contributed by atoms with Gasteiger partial charge in [-0.05, 0) is 23.6 Å². The van der Waals surface area contributed by atoms with Crippen LogP contribution < -0.4 is 5.32 Å². The Labute approximate surface area is 131 Å². The highest BCUT2D eigenvalue weighted by Crippen LogP contribution is 2.39. The Morgan fingerprint density at radius 2 is 2.18 bits per heavy atom. The number of fused-ring (bicyclic) bond motifs is 1. The van der Waals surface area contributed by atoms with E-state index < -0.39 is 28.1 Å². The van der Waals surface area contributed by atoms with Crippen LogP contribution in [0, 0.1) is 0 Å². The molecule has 3 heterocycles. The molecule has 116 valence electrons. The lowest BCUT2D eigenvalue weighted by atomic mass is 10.1. The molecule has 0 saturated carbocycles. The monoisotopic (exact) mass is 339 g/mol. The van der Waals surface area contributed by atoms with Crippen LogP contribution in [0.5, 0.6) is 0 Å². The van der Waals surface area contributed by atoms with Crippen molar-refractivity contribution in [2.75, 3.05) is 12.4 Å². The number of pyridine rings is 1. The van der Waals surface area contributed by atoms with Gasteiger partial charge in [0.15, 0.2) is 0 Å². The van der Waals surface area contributed by atoms with Gasteiger partial charge in [0.05, 0.1) is 9.77 Å². The average molecular weight is 339 g/mol. The Hall–Kier alpha value is -1.81. The van der Waals surface area contributed by atoms with Crippen molar-refractivity contribution in [2.45, 2.75) is 17.0 Å². The maximum atomic E-state index is 12.4. The Morgan fingerprint density at radius 3 is 2.86 bits per heavy atom. The summed E-state index contributed by atoms with van der Waals surface area (Å²) in [5.41, 5.74) is 0. The number of hydrogen-bond acceptors (Lipinski definition) is 6. The first kappa shape index (κ1) is 15.1. The number of likely N-dealkylation sites (N-methyl/N-ethyl adjacent to an activating group) is 1. The highest BCUT2D eigenvalue weighted by Gasteiger charge is 2.46. The molecule has 2 aromatic heterocycles. The largest absolute Gasteiger partial charge is 0.385 e. The van der Waals surface area contributed by atoms with Crippen LogP contribution in [-0.2, 0) is 14.8 Å². The molecule has 0 spiro atoms. The molecule has 3 rings (SSSR count). The number of amides is 1. The minimum atomic E-state index is -3.79. The number of aliphatic hydroxyl groups excluding tert-OH is 1. The standard InChI is InChI=1S/C13H13N3O4S2/c1-16-10(13(18)15-9-4-2-3-6-14-9)11(17)12-8(5-7-21-12)22(16,19)20/h2-7,10-11,17H,1H3,(H,14,15,18). The van der Waals surface area contributed by atoms with Crippen molar-refractivity contribution in [1.82, 2.24) is 9.29 Å². The molecule has 1 amide bonds. The molecule has 9 heteroatoms. The van der Waals surface area contributed by atoms with E-state index in [0.717, 1.165) is 15.6 Å². The summed E-state index contributed by atoms with van der Waals surface area (Å²) < 4.78 is 25.7. The fraction of sp³-hybridized carbons (Fsp3) is 0.231. The topological polar surface area (TPSA) is 99.6 Å². The number of sulfonamides is 1. The molecule has 0 radical (unpaired) electrons. The average Bonchev–Trinajstić information content (AvgIpc) is 2.97. The van der Waals surface area contributed by atoms with Crippen LogP contribution in [-0.4, -0.2) is 41.8 Å². The van der Waals surface area contributed by atoms with Gasteiger partial charge in [0.2, 0.25) is 15.9 Å². The second-order valence-electron chi connectivity index (χ2n) is 4.76. The summed E-state index contributed by atoms with van der Waals surface area (Å²) in [7, 11) is -2.51. The van der Waals surface area contributed by atoms with E-state index >= 15 is 0 Å². The summed E-state index contributed by atoms with van der Waals surface area (Å²) in [5.74, 6) is -0.334. The molecule has 22 heavy (non-hydrogen) atoms. The summed E-state index contributed by atoms with van der Waals surface area (Å²) in [5, 5.41) is 14.5. The van der Waals surface area contributed by atoms with E-state index in [-0.39, 0.29) is 9.77 Å². The molecule has 7 nitrogen and oxygen atoms in total. The Morgan fingerprint density at radius 1 is 1.41 bits per heavy atom. The van der Waals surface area contributed by atoms with Gasteiger partial charge in [0.1, 0.15) is 18.0 Å². The third-order valence-electron chi connectivity index (χ3n) is 3.46. The number of anilines is 1. The SMILES string of the molecule is CN1C(C(=O)Nc2ccccn2)C(O)c2sccc2S1(=O)=O. The molecule has 0 bridgehead atoms. The second kappa shape index (κ2) is 5.43. The summed E-state index contributed by atoms with van der Waals surface area (Å²) >= 11 is 1.11. The first-order valence-corrected chi connectivity index (χ1v) is 8.70. The summed E-state index contributed by atoms with van der Waals surface area (Å²) in [4.78, 5) is 16.7. The van der Waals surface area contributed by atoms with Gasteiger partial charge in [-0.15, -0.1) is 11.3 Å². The van der Waals surface area contributed by atoms with Gasteiger partial charge < -0.3 is 10.4 Å². The van der Waals surface area contributed by atoms with E-state index in [1.807, 2.05) is 0 Å². The molecule has 2 N–H and O–H groups in total. The maximum Gasteiger partial charge on any atom is 0.247 e. The molecular weight excluding hydrogens is 326 g/mol. The fourth-order valence-electron chi connectivity index (χ4n) is 2.33. The lowest BCUT2D eigenvalue weighted by molar-refractivity contribution is -0.123. The van der Waals surface area contributed by atoms with Crippen LogP contribution in [0.1, 0.15) is 11.0 Å². The van der Waals surface area contributed by atoms with Crippen LogP contribution in [0.15, 0.2) is 40.7 Å². The third-order valence-corrected chi connectivity index (χ3v) is 6.47. The second-order valence-corrected chi connectivity index (χ2v) is 7.68. The van der Waals surface area contributed by atoms with E-state index in [0.29, 0.717) is 5.82 Å². The first-order chi connectivity index (χ1) is 10.4. The van der Waals surface area contributed by atoms with Gasteiger partial charge in [0, 0.05) is 13.2 Å². The summed E-state index contributed by atoms with van der Waals surface area (Å²) in [6, 6.07) is 5.16. The molecule has 2 atom stereocenters. The Kier molecular flexibility index (Phi) is 3.73. The highest BCUT2D eigenvalue weighted by atomic mass is 32.2. The summed E-state index contributed by atoms with van der Waals surface area (Å²) in [6.45, 7) is 0. The molecule has 0 saturated heterocycles. The van der Waals surface area contributed by atoms with Crippen molar-refractivity contribution < 1.29 is 18.3 Å². The van der Waals surface area contributed by atoms with Crippen molar-refractivity contribution in [1.29, 1.82) is 0 Å². The van der Waals surface area contributed by atoms with Crippen LogP contribution in [0.4, 0.5) is 5.82 Å². The predicted molar refractivity (Wildman–Crippen MR) is 80.9 cm³/mol. The van der Waals surface area contributed by atoms with Gasteiger partial charge in [-0.1, -0.05) is 6.07 Å². The molecule has 2 aromatic rings. The molecule has 1 aliphatic heterocycles. The zero-order valence-electron chi connectivity index (χ0n) is 11.5. The smallest absolute Gasteiger partial charge is 0.247 e. The van der Waals surface area contributed by atoms with E-state index in [9.17, 15) is 18.3 Å². The number of hydrogen-bond donors (Lipinski definition) is 2. The van der Waals surface area contributed by atoms with E-state index in [4.69, 9.17) is 0 Å². The minimum absolute atomic E-state index is 0.0504. The van der Waals surface area contributed by atoms with E-state index in [1.54, 1.807) is 23.6 Å². The van der Waals surface area contributed by atoms with Crippen molar-refractivity contribution in [3.63, 3.8) is 0 Å². The predicted octanol–water partition coefficient (Wildman–Crippen LogP) is 0.818. The van der Waals surface area contributed by atoms with Gasteiger partial charge in [-0.3, -0.25) is 4.79 Å². The van der Waals surface area contributed by atoms with Gasteiger partial charge >= 0.3 is 0 Å². The van der Waals surface area contributed by atoms with Crippen LogP contribution in [0.25, 0.3) is 0 Å². The van der Waals surface area contributed by atoms with Gasteiger partial charge in [0.25, 0.3) is 0 Å². The first-order valence-electron chi connectivity index (χ1n) is 6.38. The van der Waals surface area contributed by atoms with Crippen molar-refractivity contribution >= 4 is 33.1 Å². The minimum Gasteiger partial charge on any atom is -0.385 e. The molecule has 2 unspecified atom stereocenters. The molecular formula is C13H13N3O4S2. The third kappa shape index (κ3) is 2.31. The maximum absolute atomic E-state index is 12.4. The molecule has 0 fully saturated rings. The number of thiophene rings is 1. The number of nitrogens with one attached hydrogen (secondary N) is 1. The normalized spacial score (nSPS) is 23.7. The van der Waals surface area contributed by atoms with Crippen molar-refractivity contribution in [2.24, 2.45) is 0 Å². The summed E-state index contributed by atoms with van der Waals surface area (Å²) in [6.07, 6.45) is 0.289. The van der Waals surface area contributed by atoms with Crippen LogP contribution >= 0.6 is 11.3 Å². The van der Waals surface area contributed by atoms with Gasteiger partial charge in [-0.2, -0.15) is 4.31 Å². The van der Waals surface area contributed by atoms with Crippen LogP contribution in [0.3, 0.4) is 0 Å². The van der Waals surface area contributed by atoms with E-state index in [1.165, 1.54) is 19.3 Å². The quantitative estimate of drug-likeness (QED) is 0.844. The molecule has 1 aliphatic rings. The van der Waals surface area contributed by atoms with Crippen molar-refractivity contribution in [3.05, 3.63) is 40.7 Å². The lowest BCUT2D eigenvalue weighted by Gasteiger charge is -2.34. The molecule has 0 aliphatic carbocycles. The molecule has 0 aromatic carbocycles. The number of rotatable bonds is 2. The number of nitrogens with zero attached hydrogens (tertiary/aromatic N) is 2. The zero-order chi connectivity index (χ0) is 15.9. The number of carbonyl (C=O) groups is 1. The fourth-order valence-corrected chi connectivity index (χ4v) is 5.12. The van der Waals surface area contributed by atoms with Gasteiger partial charge in [-0.25, -0.2) is 13.4 Å². The van der Waals surface area contributed by atoms with Crippen LogP contribution in [0.2, 0.25) is 0 Å². The Bertz CT molecular complexity index is 804. The number of carbonyl (C=O) groups excluding carboxylic acids is 1. The lowest BCUT2D eigenvalue weighted by Crippen LogP contribution is -2.51. The van der Waals surface area contributed by atoms with Crippen molar-refractivity contribution in [3.8, 4) is 0 Å². The Balaban J connectivity index is 1.96.